The topological polar surface area (TPSA) is 66.4 Å². The first-order valence-electron chi connectivity index (χ1n) is 5.58. The number of amides is 1. The summed E-state index contributed by atoms with van der Waals surface area (Å²) in [6, 6.07) is 9.28. The van der Waals surface area contributed by atoms with Crippen LogP contribution in [0, 0.1) is 5.82 Å². The van der Waals surface area contributed by atoms with E-state index in [4.69, 9.17) is 16.7 Å². The van der Waals surface area contributed by atoms with E-state index in [9.17, 15) is 14.0 Å². The van der Waals surface area contributed by atoms with E-state index in [-0.39, 0.29) is 21.8 Å². The van der Waals surface area contributed by atoms with Gasteiger partial charge in [-0.15, -0.1) is 0 Å². The minimum absolute atomic E-state index is 0.000363. The number of hydrogen-bond donors (Lipinski definition) is 2. The maximum absolute atomic E-state index is 12.9. The van der Waals surface area contributed by atoms with Crippen LogP contribution in [0.5, 0.6) is 0 Å². The normalized spacial score (nSPS) is 10.1. The third-order valence-electron chi connectivity index (χ3n) is 2.58. The van der Waals surface area contributed by atoms with Crippen molar-refractivity contribution in [2.24, 2.45) is 0 Å². The molecule has 2 rings (SSSR count). The molecule has 1 amide bonds. The molecule has 2 aromatic rings. The third-order valence-corrected chi connectivity index (χ3v) is 2.89. The summed E-state index contributed by atoms with van der Waals surface area (Å²) < 4.78 is 12.9. The van der Waals surface area contributed by atoms with Gasteiger partial charge in [0, 0.05) is 0 Å². The molecular weight excluding hydrogens is 285 g/mol. The predicted molar refractivity (Wildman–Crippen MR) is 72.8 cm³/mol. The predicted octanol–water partition coefficient (Wildman–Crippen LogP) is 3.43. The summed E-state index contributed by atoms with van der Waals surface area (Å²) in [6.07, 6.45) is 0. The van der Waals surface area contributed by atoms with E-state index in [1.165, 1.54) is 24.3 Å². The van der Waals surface area contributed by atoms with Crippen LogP contribution in [0.1, 0.15) is 20.7 Å². The fourth-order valence-electron chi connectivity index (χ4n) is 1.65. The van der Waals surface area contributed by atoms with Gasteiger partial charge in [0.2, 0.25) is 0 Å². The molecule has 2 aromatic carbocycles. The lowest BCUT2D eigenvalue weighted by Gasteiger charge is -2.09. The van der Waals surface area contributed by atoms with E-state index in [1.54, 1.807) is 6.07 Å². The average molecular weight is 294 g/mol. The van der Waals surface area contributed by atoms with Gasteiger partial charge >= 0.3 is 5.97 Å². The molecule has 0 aromatic heterocycles. The van der Waals surface area contributed by atoms with Crippen LogP contribution >= 0.6 is 11.6 Å². The summed E-state index contributed by atoms with van der Waals surface area (Å²) >= 11 is 5.79. The first kappa shape index (κ1) is 14.0. The fraction of sp³-hybridized carbons (Fsp3) is 0. The Labute approximate surface area is 118 Å². The standard InChI is InChI=1S/C14H9ClFNO3/c15-11-7-8(16)5-6-12(11)17-13(18)9-3-1-2-4-10(9)14(19)20/h1-7H,(H,17,18)(H,19,20). The van der Waals surface area contributed by atoms with Crippen molar-refractivity contribution in [3.8, 4) is 0 Å². The molecule has 0 atom stereocenters. The molecule has 2 N–H and O–H groups in total. The van der Waals surface area contributed by atoms with Crippen LogP contribution in [-0.4, -0.2) is 17.0 Å². The Hall–Kier alpha value is -2.40. The van der Waals surface area contributed by atoms with E-state index in [0.29, 0.717) is 0 Å². The van der Waals surface area contributed by atoms with Gasteiger partial charge in [-0.1, -0.05) is 23.7 Å². The van der Waals surface area contributed by atoms with Crippen LogP contribution in [0.4, 0.5) is 10.1 Å². The zero-order valence-corrected chi connectivity index (χ0v) is 10.8. The molecule has 0 unspecified atom stereocenters. The van der Waals surface area contributed by atoms with Crippen molar-refractivity contribution in [3.63, 3.8) is 0 Å². The summed E-state index contributed by atoms with van der Waals surface area (Å²) in [5.41, 5.74) is 0.0851. The highest BCUT2D eigenvalue weighted by Gasteiger charge is 2.16. The molecule has 0 bridgehead atoms. The summed E-state index contributed by atoms with van der Waals surface area (Å²) in [4.78, 5) is 23.1. The number of carbonyl (C=O) groups is 2. The van der Waals surface area contributed by atoms with Crippen molar-refractivity contribution in [3.05, 3.63) is 64.4 Å². The van der Waals surface area contributed by atoms with Crippen LogP contribution in [0.25, 0.3) is 0 Å². The second-order valence-corrected chi connectivity index (χ2v) is 4.34. The zero-order chi connectivity index (χ0) is 14.7. The molecule has 0 saturated carbocycles. The Morgan fingerprint density at radius 2 is 1.75 bits per heavy atom. The maximum Gasteiger partial charge on any atom is 0.336 e. The summed E-state index contributed by atoms with van der Waals surface area (Å²) in [6.45, 7) is 0. The number of rotatable bonds is 3. The van der Waals surface area contributed by atoms with Gasteiger partial charge in [0.25, 0.3) is 5.91 Å². The Morgan fingerprint density at radius 3 is 2.35 bits per heavy atom. The van der Waals surface area contributed by atoms with Crippen LogP contribution in [0.15, 0.2) is 42.5 Å². The number of carbonyl (C=O) groups excluding carboxylic acids is 1. The first-order chi connectivity index (χ1) is 9.49. The molecule has 0 aliphatic heterocycles. The molecule has 0 aliphatic rings. The first-order valence-corrected chi connectivity index (χ1v) is 5.95. The molecule has 0 radical (unpaired) electrons. The minimum atomic E-state index is -1.21. The molecule has 0 saturated heterocycles. The van der Waals surface area contributed by atoms with Gasteiger partial charge < -0.3 is 10.4 Å². The van der Waals surface area contributed by atoms with Gasteiger partial charge in [0.05, 0.1) is 21.8 Å². The number of carboxylic acid groups (broad SMARTS) is 1. The molecule has 0 heterocycles. The second kappa shape index (κ2) is 5.71. The SMILES string of the molecule is O=C(O)c1ccccc1C(=O)Nc1ccc(F)cc1Cl. The lowest BCUT2D eigenvalue weighted by atomic mass is 10.1. The Morgan fingerprint density at radius 1 is 1.10 bits per heavy atom. The van der Waals surface area contributed by atoms with Crippen LogP contribution in [0.3, 0.4) is 0 Å². The van der Waals surface area contributed by atoms with Crippen LogP contribution in [-0.2, 0) is 0 Å². The van der Waals surface area contributed by atoms with Crippen LogP contribution < -0.4 is 5.32 Å². The van der Waals surface area contributed by atoms with Crippen molar-refractivity contribution < 1.29 is 19.1 Å². The summed E-state index contributed by atoms with van der Waals surface area (Å²) in [5, 5.41) is 11.5. The van der Waals surface area contributed by atoms with E-state index in [2.05, 4.69) is 5.32 Å². The lowest BCUT2D eigenvalue weighted by molar-refractivity contribution is 0.0692. The summed E-state index contributed by atoms with van der Waals surface area (Å²) in [5.74, 6) is -2.36. The van der Waals surface area contributed by atoms with Crippen molar-refractivity contribution >= 4 is 29.2 Å². The lowest BCUT2D eigenvalue weighted by Crippen LogP contribution is -2.16. The number of carboxylic acids is 1. The van der Waals surface area contributed by atoms with Gasteiger partial charge in [-0.25, -0.2) is 9.18 Å². The number of benzene rings is 2. The number of nitrogens with one attached hydrogen (secondary N) is 1. The van der Waals surface area contributed by atoms with Gasteiger partial charge in [0.15, 0.2) is 0 Å². The van der Waals surface area contributed by atoms with Gasteiger partial charge in [0.1, 0.15) is 5.82 Å². The minimum Gasteiger partial charge on any atom is -0.478 e. The Kier molecular flexibility index (Phi) is 4.00. The van der Waals surface area contributed by atoms with Crippen molar-refractivity contribution in [2.45, 2.75) is 0 Å². The van der Waals surface area contributed by atoms with Gasteiger partial charge in [-0.2, -0.15) is 0 Å². The molecular formula is C14H9ClFNO3. The molecule has 0 aliphatic carbocycles. The zero-order valence-electron chi connectivity index (χ0n) is 10.1. The van der Waals surface area contributed by atoms with E-state index >= 15 is 0 Å². The second-order valence-electron chi connectivity index (χ2n) is 3.93. The van der Waals surface area contributed by atoms with Gasteiger partial charge in [-0.05, 0) is 30.3 Å². The number of anilines is 1. The van der Waals surface area contributed by atoms with E-state index in [0.717, 1.165) is 12.1 Å². The van der Waals surface area contributed by atoms with Crippen molar-refractivity contribution in [1.29, 1.82) is 0 Å². The molecule has 20 heavy (non-hydrogen) atoms. The molecule has 102 valence electrons. The molecule has 4 nitrogen and oxygen atoms in total. The Bertz CT molecular complexity index is 688. The van der Waals surface area contributed by atoms with Crippen LogP contribution in [0.2, 0.25) is 5.02 Å². The molecule has 0 fully saturated rings. The Balaban J connectivity index is 2.31. The van der Waals surface area contributed by atoms with E-state index in [1.807, 2.05) is 0 Å². The maximum atomic E-state index is 12.9. The quantitative estimate of drug-likeness (QED) is 0.911. The number of hydrogen-bond acceptors (Lipinski definition) is 2. The average Bonchev–Trinajstić information content (AvgIpc) is 2.41. The number of halogens is 2. The highest BCUT2D eigenvalue weighted by Crippen LogP contribution is 2.23. The van der Waals surface area contributed by atoms with Crippen molar-refractivity contribution in [1.82, 2.24) is 0 Å². The fourth-order valence-corrected chi connectivity index (χ4v) is 1.86. The highest BCUT2D eigenvalue weighted by atomic mass is 35.5. The molecule has 0 spiro atoms. The number of aromatic carboxylic acids is 1. The molecule has 6 heteroatoms. The summed E-state index contributed by atoms with van der Waals surface area (Å²) in [7, 11) is 0. The smallest absolute Gasteiger partial charge is 0.336 e. The third kappa shape index (κ3) is 2.95. The van der Waals surface area contributed by atoms with E-state index < -0.39 is 17.7 Å². The largest absolute Gasteiger partial charge is 0.478 e. The van der Waals surface area contributed by atoms with Crippen molar-refractivity contribution in [2.75, 3.05) is 5.32 Å². The highest BCUT2D eigenvalue weighted by molar-refractivity contribution is 6.34. The van der Waals surface area contributed by atoms with Gasteiger partial charge in [-0.3, -0.25) is 4.79 Å². The monoisotopic (exact) mass is 293 g/mol.